The van der Waals surface area contributed by atoms with Crippen molar-refractivity contribution in [2.24, 2.45) is 0 Å². The van der Waals surface area contributed by atoms with Gasteiger partial charge in [-0.1, -0.05) is 0 Å². The first-order chi connectivity index (χ1) is 8.56. The molecule has 0 aliphatic rings. The van der Waals surface area contributed by atoms with E-state index in [1.54, 1.807) is 0 Å². The van der Waals surface area contributed by atoms with Gasteiger partial charge in [-0.15, -0.1) is 10.2 Å². The van der Waals surface area contributed by atoms with Crippen LogP contribution in [0.5, 0.6) is 11.6 Å². The number of rotatable bonds is 3. The van der Waals surface area contributed by atoms with Gasteiger partial charge in [-0.25, -0.2) is 0 Å². The number of nitro benzene ring substituents is 1. The number of non-ortho nitro benzene ring substituents is 1. The van der Waals surface area contributed by atoms with Crippen LogP contribution >= 0.6 is 15.9 Å². The van der Waals surface area contributed by atoms with E-state index in [9.17, 15) is 10.1 Å². The van der Waals surface area contributed by atoms with Crippen molar-refractivity contribution < 1.29 is 9.66 Å². The minimum Gasteiger partial charge on any atom is -0.436 e. The molecule has 0 saturated carbocycles. The molecule has 1 heterocycles. The molecule has 1 aromatic carbocycles. The van der Waals surface area contributed by atoms with Crippen LogP contribution in [0, 0.1) is 10.1 Å². The van der Waals surface area contributed by atoms with E-state index in [2.05, 4.69) is 26.1 Å². The summed E-state index contributed by atoms with van der Waals surface area (Å²) in [5.41, 5.74) is 5.31. The monoisotopic (exact) mass is 310 g/mol. The van der Waals surface area contributed by atoms with Gasteiger partial charge >= 0.3 is 0 Å². The second kappa shape index (κ2) is 4.96. The molecule has 0 bridgehead atoms. The zero-order valence-corrected chi connectivity index (χ0v) is 10.5. The van der Waals surface area contributed by atoms with Gasteiger partial charge in [0.1, 0.15) is 5.82 Å². The van der Waals surface area contributed by atoms with Crippen LogP contribution < -0.4 is 10.5 Å². The van der Waals surface area contributed by atoms with Crippen molar-refractivity contribution in [1.82, 2.24) is 10.2 Å². The Morgan fingerprint density at radius 3 is 2.67 bits per heavy atom. The number of nitrogen functional groups attached to an aromatic ring is 1. The fraction of sp³-hybridized carbons (Fsp3) is 0. The molecule has 0 amide bonds. The van der Waals surface area contributed by atoms with Crippen LogP contribution in [-0.4, -0.2) is 15.1 Å². The third-order valence-corrected chi connectivity index (χ3v) is 2.66. The van der Waals surface area contributed by atoms with Crippen LogP contribution in [0.1, 0.15) is 0 Å². The summed E-state index contributed by atoms with van der Waals surface area (Å²) in [7, 11) is 0. The number of hydrogen-bond acceptors (Lipinski definition) is 6. The van der Waals surface area contributed by atoms with Gasteiger partial charge in [-0.05, 0) is 28.1 Å². The highest BCUT2D eigenvalue weighted by atomic mass is 79.9. The Bertz CT molecular complexity index is 588. The lowest BCUT2D eigenvalue weighted by atomic mass is 10.3. The molecule has 1 aromatic heterocycles. The van der Waals surface area contributed by atoms with Crippen molar-refractivity contribution in [3.63, 3.8) is 0 Å². The average molecular weight is 311 g/mol. The number of nitro groups is 1. The van der Waals surface area contributed by atoms with Gasteiger partial charge in [0.15, 0.2) is 5.75 Å². The maximum atomic E-state index is 10.7. The molecule has 92 valence electrons. The fourth-order valence-electron chi connectivity index (χ4n) is 1.18. The van der Waals surface area contributed by atoms with E-state index in [1.165, 1.54) is 30.3 Å². The van der Waals surface area contributed by atoms with Gasteiger partial charge in [0, 0.05) is 12.1 Å². The molecule has 0 radical (unpaired) electrons. The first kappa shape index (κ1) is 12.2. The van der Waals surface area contributed by atoms with Gasteiger partial charge < -0.3 is 10.5 Å². The number of nitrogens with two attached hydrogens (primary N) is 1. The van der Waals surface area contributed by atoms with Gasteiger partial charge in [0.25, 0.3) is 5.69 Å². The Hall–Kier alpha value is -2.22. The maximum absolute atomic E-state index is 10.7. The lowest BCUT2D eigenvalue weighted by Gasteiger charge is -2.05. The Labute approximate surface area is 110 Å². The van der Waals surface area contributed by atoms with Crippen LogP contribution in [0.25, 0.3) is 0 Å². The third kappa shape index (κ3) is 2.72. The largest absolute Gasteiger partial charge is 0.436 e. The lowest BCUT2D eigenvalue weighted by molar-refractivity contribution is -0.384. The van der Waals surface area contributed by atoms with E-state index < -0.39 is 4.92 Å². The van der Waals surface area contributed by atoms with E-state index in [4.69, 9.17) is 10.5 Å². The highest BCUT2D eigenvalue weighted by Gasteiger charge is 2.11. The number of anilines is 1. The summed E-state index contributed by atoms with van der Waals surface area (Å²) in [4.78, 5) is 10.1. The van der Waals surface area contributed by atoms with E-state index >= 15 is 0 Å². The normalized spacial score (nSPS) is 10.1. The van der Waals surface area contributed by atoms with Crippen molar-refractivity contribution >= 4 is 27.4 Å². The predicted octanol–water partition coefficient (Wildman–Crippen LogP) is 2.52. The van der Waals surface area contributed by atoms with E-state index in [0.29, 0.717) is 4.47 Å². The molecule has 2 rings (SSSR count). The Kier molecular flexibility index (Phi) is 3.38. The summed E-state index contributed by atoms with van der Waals surface area (Å²) in [6.07, 6.45) is 0. The van der Waals surface area contributed by atoms with E-state index in [-0.39, 0.29) is 23.1 Å². The number of benzene rings is 1. The lowest BCUT2D eigenvalue weighted by Crippen LogP contribution is -1.96. The Morgan fingerprint density at radius 1 is 1.28 bits per heavy atom. The highest BCUT2D eigenvalue weighted by Crippen LogP contribution is 2.32. The zero-order valence-electron chi connectivity index (χ0n) is 8.91. The fourth-order valence-corrected chi connectivity index (χ4v) is 1.51. The summed E-state index contributed by atoms with van der Waals surface area (Å²) >= 11 is 3.23. The van der Waals surface area contributed by atoms with E-state index in [1.807, 2.05) is 0 Å². The standard InChI is InChI=1S/C10H7BrN4O3/c11-7-2-1-6(15(16)17)5-8(7)18-10-4-3-9(12)13-14-10/h1-5H,(H2,12,13). The average Bonchev–Trinajstić information content (AvgIpc) is 2.34. The summed E-state index contributed by atoms with van der Waals surface area (Å²) in [6.45, 7) is 0. The Balaban J connectivity index is 2.30. The Morgan fingerprint density at radius 2 is 2.06 bits per heavy atom. The highest BCUT2D eigenvalue weighted by molar-refractivity contribution is 9.10. The first-order valence-corrected chi connectivity index (χ1v) is 5.56. The van der Waals surface area contributed by atoms with E-state index in [0.717, 1.165) is 0 Å². The third-order valence-electron chi connectivity index (χ3n) is 2.00. The van der Waals surface area contributed by atoms with Crippen LogP contribution in [0.4, 0.5) is 11.5 Å². The molecule has 8 heteroatoms. The minimum absolute atomic E-state index is 0.0726. The van der Waals surface area contributed by atoms with Crippen LogP contribution in [0.2, 0.25) is 0 Å². The molecule has 0 aliphatic heterocycles. The van der Waals surface area contributed by atoms with Gasteiger partial charge in [0.05, 0.1) is 15.5 Å². The number of nitrogens with zero attached hydrogens (tertiary/aromatic N) is 3. The predicted molar refractivity (Wildman–Crippen MR) is 67.3 cm³/mol. The molecule has 2 aromatic rings. The number of halogens is 1. The van der Waals surface area contributed by atoms with Gasteiger partial charge in [0.2, 0.25) is 5.88 Å². The van der Waals surface area contributed by atoms with Gasteiger partial charge in [-0.3, -0.25) is 10.1 Å². The molecule has 18 heavy (non-hydrogen) atoms. The molecule has 0 fully saturated rings. The number of hydrogen-bond donors (Lipinski definition) is 1. The first-order valence-electron chi connectivity index (χ1n) is 4.77. The van der Waals surface area contributed by atoms with Crippen molar-refractivity contribution in [2.75, 3.05) is 5.73 Å². The minimum atomic E-state index is -0.506. The van der Waals surface area contributed by atoms with Crippen LogP contribution in [-0.2, 0) is 0 Å². The van der Waals surface area contributed by atoms with Crippen molar-refractivity contribution in [3.05, 3.63) is 44.9 Å². The molecule has 0 spiro atoms. The second-order valence-electron chi connectivity index (χ2n) is 3.27. The maximum Gasteiger partial charge on any atom is 0.273 e. The number of ether oxygens (including phenoxy) is 1. The molecule has 0 aliphatic carbocycles. The van der Waals surface area contributed by atoms with Crippen LogP contribution in [0.3, 0.4) is 0 Å². The molecular formula is C10H7BrN4O3. The quantitative estimate of drug-likeness (QED) is 0.690. The molecule has 7 nitrogen and oxygen atoms in total. The number of aromatic nitrogens is 2. The van der Waals surface area contributed by atoms with Crippen LogP contribution in [0.15, 0.2) is 34.8 Å². The van der Waals surface area contributed by atoms with Crippen molar-refractivity contribution in [1.29, 1.82) is 0 Å². The molecule has 0 atom stereocenters. The van der Waals surface area contributed by atoms with Crippen molar-refractivity contribution in [3.8, 4) is 11.6 Å². The molecule has 0 unspecified atom stereocenters. The van der Waals surface area contributed by atoms with Gasteiger partial charge in [-0.2, -0.15) is 0 Å². The summed E-state index contributed by atoms with van der Waals surface area (Å²) in [5.74, 6) is 0.745. The smallest absolute Gasteiger partial charge is 0.273 e. The zero-order chi connectivity index (χ0) is 13.1. The molecular weight excluding hydrogens is 304 g/mol. The summed E-state index contributed by atoms with van der Waals surface area (Å²) < 4.78 is 5.95. The second-order valence-corrected chi connectivity index (χ2v) is 4.12. The SMILES string of the molecule is Nc1ccc(Oc2cc([N+](=O)[O-])ccc2Br)nn1. The van der Waals surface area contributed by atoms with Crippen molar-refractivity contribution in [2.45, 2.75) is 0 Å². The summed E-state index contributed by atoms with van der Waals surface area (Å²) in [5, 5.41) is 18.0. The summed E-state index contributed by atoms with van der Waals surface area (Å²) in [6, 6.07) is 7.23. The molecule has 0 saturated heterocycles. The molecule has 2 N–H and O–H groups in total. The topological polar surface area (TPSA) is 104 Å².